The average Bonchev–Trinajstić information content (AvgIpc) is 3.15. The Balaban J connectivity index is 2.19. The van der Waals surface area contributed by atoms with E-state index in [0.717, 1.165) is 0 Å². The Morgan fingerprint density at radius 3 is 2.45 bits per heavy atom. The third-order valence-electron chi connectivity index (χ3n) is 3.95. The quantitative estimate of drug-likeness (QED) is 0.634. The lowest BCUT2D eigenvalue weighted by atomic mass is 9.87. The zero-order valence-electron chi connectivity index (χ0n) is 13.6. The SMILES string of the molecule is CC(O)CC(C)(C)CNC(=O)NCC(C)N(C)C1CC1. The predicted molar refractivity (Wildman–Crippen MR) is 81.7 cm³/mol. The van der Waals surface area contributed by atoms with Crippen LogP contribution in [0.2, 0.25) is 0 Å². The second-order valence-electron chi connectivity index (χ2n) is 7.03. The van der Waals surface area contributed by atoms with E-state index in [1.807, 2.05) is 13.8 Å². The highest BCUT2D eigenvalue weighted by atomic mass is 16.3. The van der Waals surface area contributed by atoms with Crippen LogP contribution in [0.5, 0.6) is 0 Å². The van der Waals surface area contributed by atoms with E-state index in [9.17, 15) is 9.90 Å². The highest BCUT2D eigenvalue weighted by molar-refractivity contribution is 5.73. The molecule has 1 aliphatic carbocycles. The fraction of sp³-hybridized carbons (Fsp3) is 0.933. The van der Waals surface area contributed by atoms with Crippen LogP contribution in [0.15, 0.2) is 0 Å². The van der Waals surface area contributed by atoms with Gasteiger partial charge in [-0.1, -0.05) is 13.8 Å². The van der Waals surface area contributed by atoms with Crippen molar-refractivity contribution in [2.24, 2.45) is 5.41 Å². The summed E-state index contributed by atoms with van der Waals surface area (Å²) in [4.78, 5) is 14.1. The molecule has 1 rings (SSSR count). The normalized spacial score (nSPS) is 18.8. The largest absolute Gasteiger partial charge is 0.393 e. The van der Waals surface area contributed by atoms with Gasteiger partial charge in [-0.05, 0) is 45.6 Å². The molecule has 1 fully saturated rings. The molecule has 0 bridgehead atoms. The van der Waals surface area contributed by atoms with Crippen LogP contribution in [-0.4, -0.2) is 54.4 Å². The van der Waals surface area contributed by atoms with Crippen molar-refractivity contribution in [1.29, 1.82) is 0 Å². The molecule has 20 heavy (non-hydrogen) atoms. The van der Waals surface area contributed by atoms with Crippen LogP contribution in [0.25, 0.3) is 0 Å². The monoisotopic (exact) mass is 285 g/mol. The smallest absolute Gasteiger partial charge is 0.314 e. The number of nitrogens with one attached hydrogen (secondary N) is 2. The molecular formula is C15H31N3O2. The molecule has 0 spiro atoms. The van der Waals surface area contributed by atoms with Crippen LogP contribution in [0, 0.1) is 5.41 Å². The molecule has 5 heteroatoms. The van der Waals surface area contributed by atoms with Crippen LogP contribution in [0.4, 0.5) is 4.79 Å². The van der Waals surface area contributed by atoms with Crippen molar-refractivity contribution in [3.63, 3.8) is 0 Å². The Kier molecular flexibility index (Phi) is 6.27. The van der Waals surface area contributed by atoms with E-state index in [2.05, 4.69) is 29.5 Å². The third kappa shape index (κ3) is 6.57. The van der Waals surface area contributed by atoms with Crippen LogP contribution >= 0.6 is 0 Å². The summed E-state index contributed by atoms with van der Waals surface area (Å²) in [6, 6.07) is 0.943. The second-order valence-corrected chi connectivity index (χ2v) is 7.03. The van der Waals surface area contributed by atoms with Gasteiger partial charge in [0.1, 0.15) is 0 Å². The van der Waals surface area contributed by atoms with E-state index in [0.29, 0.717) is 31.6 Å². The van der Waals surface area contributed by atoms with Gasteiger partial charge >= 0.3 is 6.03 Å². The lowest BCUT2D eigenvalue weighted by Gasteiger charge is -2.27. The topological polar surface area (TPSA) is 64.6 Å². The first-order chi connectivity index (χ1) is 9.21. The summed E-state index contributed by atoms with van der Waals surface area (Å²) in [5, 5.41) is 15.2. The van der Waals surface area contributed by atoms with Crippen molar-refractivity contribution < 1.29 is 9.90 Å². The van der Waals surface area contributed by atoms with Gasteiger partial charge in [-0.3, -0.25) is 4.90 Å². The van der Waals surface area contributed by atoms with Crippen molar-refractivity contribution in [2.75, 3.05) is 20.1 Å². The molecule has 118 valence electrons. The molecule has 1 saturated carbocycles. The fourth-order valence-corrected chi connectivity index (χ4v) is 2.48. The van der Waals surface area contributed by atoms with Gasteiger partial charge in [-0.15, -0.1) is 0 Å². The van der Waals surface area contributed by atoms with E-state index in [1.165, 1.54) is 12.8 Å². The lowest BCUT2D eigenvalue weighted by Crippen LogP contribution is -2.46. The summed E-state index contributed by atoms with van der Waals surface area (Å²) >= 11 is 0. The number of hydrogen-bond donors (Lipinski definition) is 3. The molecule has 0 heterocycles. The first-order valence-electron chi connectivity index (χ1n) is 7.63. The van der Waals surface area contributed by atoms with Crippen molar-refractivity contribution in [1.82, 2.24) is 15.5 Å². The second kappa shape index (κ2) is 7.27. The maximum Gasteiger partial charge on any atom is 0.314 e. The minimum absolute atomic E-state index is 0.0953. The number of urea groups is 1. The van der Waals surface area contributed by atoms with Gasteiger partial charge in [0.05, 0.1) is 6.10 Å². The Hall–Kier alpha value is -0.810. The average molecular weight is 285 g/mol. The number of nitrogens with zero attached hydrogens (tertiary/aromatic N) is 1. The molecule has 0 saturated heterocycles. The van der Waals surface area contributed by atoms with E-state index >= 15 is 0 Å². The van der Waals surface area contributed by atoms with E-state index in [1.54, 1.807) is 6.92 Å². The van der Waals surface area contributed by atoms with E-state index < -0.39 is 0 Å². The van der Waals surface area contributed by atoms with Gasteiger partial charge in [0.25, 0.3) is 0 Å². The minimum atomic E-state index is -0.345. The number of aliphatic hydroxyl groups excluding tert-OH is 1. The third-order valence-corrected chi connectivity index (χ3v) is 3.95. The number of amides is 2. The van der Waals surface area contributed by atoms with Crippen LogP contribution in [0.1, 0.15) is 47.0 Å². The summed E-state index contributed by atoms with van der Waals surface area (Å²) in [5.74, 6) is 0. The van der Waals surface area contributed by atoms with Gasteiger partial charge in [0.15, 0.2) is 0 Å². The number of carbonyl (C=O) groups excluding carboxylic acids is 1. The maximum atomic E-state index is 11.8. The molecule has 0 radical (unpaired) electrons. The summed E-state index contributed by atoms with van der Waals surface area (Å²) < 4.78 is 0. The molecule has 0 aromatic rings. The maximum absolute atomic E-state index is 11.8. The molecule has 5 nitrogen and oxygen atoms in total. The molecule has 2 amide bonds. The molecule has 1 aliphatic rings. The van der Waals surface area contributed by atoms with Gasteiger partial charge in [0, 0.05) is 25.2 Å². The Bertz CT molecular complexity index is 314. The summed E-state index contributed by atoms with van der Waals surface area (Å²) in [6.45, 7) is 9.23. The van der Waals surface area contributed by atoms with Crippen molar-refractivity contribution >= 4 is 6.03 Å². The Morgan fingerprint density at radius 2 is 1.95 bits per heavy atom. The standard InChI is InChI=1S/C15H31N3O2/c1-11(18(5)13-6-7-13)9-16-14(20)17-10-15(3,4)8-12(2)19/h11-13,19H,6-10H2,1-5H3,(H2,16,17,20). The van der Waals surface area contributed by atoms with Crippen LogP contribution < -0.4 is 10.6 Å². The Labute approximate surface area is 123 Å². The number of rotatable bonds is 8. The van der Waals surface area contributed by atoms with Gasteiger partial charge in [0.2, 0.25) is 0 Å². The molecule has 0 aliphatic heterocycles. The molecular weight excluding hydrogens is 254 g/mol. The molecule has 2 unspecified atom stereocenters. The highest BCUT2D eigenvalue weighted by Crippen LogP contribution is 2.26. The first kappa shape index (κ1) is 17.2. The lowest BCUT2D eigenvalue weighted by molar-refractivity contribution is 0.128. The highest BCUT2D eigenvalue weighted by Gasteiger charge is 2.29. The predicted octanol–water partition coefficient (Wildman–Crippen LogP) is 1.57. The summed E-state index contributed by atoms with van der Waals surface area (Å²) in [5.41, 5.74) is -0.0953. The molecule has 0 aromatic heterocycles. The minimum Gasteiger partial charge on any atom is -0.393 e. The Morgan fingerprint density at radius 1 is 1.35 bits per heavy atom. The van der Waals surface area contributed by atoms with Gasteiger partial charge < -0.3 is 15.7 Å². The van der Waals surface area contributed by atoms with Gasteiger partial charge in [-0.25, -0.2) is 4.79 Å². The molecule has 3 N–H and O–H groups in total. The van der Waals surface area contributed by atoms with Crippen molar-refractivity contribution in [3.05, 3.63) is 0 Å². The van der Waals surface area contributed by atoms with Crippen LogP contribution in [-0.2, 0) is 0 Å². The zero-order chi connectivity index (χ0) is 15.3. The zero-order valence-corrected chi connectivity index (χ0v) is 13.6. The van der Waals surface area contributed by atoms with Crippen molar-refractivity contribution in [2.45, 2.75) is 65.1 Å². The molecule has 2 atom stereocenters. The first-order valence-corrected chi connectivity index (χ1v) is 7.63. The van der Waals surface area contributed by atoms with E-state index in [-0.39, 0.29) is 17.6 Å². The summed E-state index contributed by atoms with van der Waals surface area (Å²) in [6.07, 6.45) is 2.89. The number of hydrogen-bond acceptors (Lipinski definition) is 3. The van der Waals surface area contributed by atoms with E-state index in [4.69, 9.17) is 0 Å². The van der Waals surface area contributed by atoms with Crippen molar-refractivity contribution in [3.8, 4) is 0 Å². The number of likely N-dealkylation sites (N-methyl/N-ethyl adjacent to an activating group) is 1. The number of carbonyl (C=O) groups is 1. The number of aliphatic hydroxyl groups is 1. The van der Waals surface area contributed by atoms with Crippen LogP contribution in [0.3, 0.4) is 0 Å². The fourth-order valence-electron chi connectivity index (χ4n) is 2.48. The molecule has 0 aromatic carbocycles. The summed E-state index contributed by atoms with van der Waals surface area (Å²) in [7, 11) is 2.12. The van der Waals surface area contributed by atoms with Gasteiger partial charge in [-0.2, -0.15) is 0 Å².